The quantitative estimate of drug-likeness (QED) is 0.684. The van der Waals surface area contributed by atoms with E-state index >= 15 is 0 Å². The lowest BCUT2D eigenvalue weighted by Crippen LogP contribution is -2.44. The average Bonchev–Trinajstić information content (AvgIpc) is 3.24. The van der Waals surface area contributed by atoms with Crippen LogP contribution in [0.3, 0.4) is 0 Å². The third-order valence-electron chi connectivity index (χ3n) is 5.71. The van der Waals surface area contributed by atoms with Gasteiger partial charge in [-0.1, -0.05) is 12.8 Å². The van der Waals surface area contributed by atoms with E-state index in [0.29, 0.717) is 31.6 Å². The van der Waals surface area contributed by atoms with E-state index in [1.54, 1.807) is 4.90 Å². The molecule has 10 heteroatoms. The van der Waals surface area contributed by atoms with Crippen molar-refractivity contribution < 1.29 is 27.6 Å². The lowest BCUT2D eigenvalue weighted by Gasteiger charge is -2.25. The van der Waals surface area contributed by atoms with Gasteiger partial charge in [-0.3, -0.25) is 14.5 Å². The van der Waals surface area contributed by atoms with Gasteiger partial charge in [0.2, 0.25) is 5.91 Å². The number of urea groups is 1. The minimum Gasteiger partial charge on any atom is -0.370 e. The fourth-order valence-electron chi connectivity index (χ4n) is 4.12. The maximum atomic E-state index is 13.2. The summed E-state index contributed by atoms with van der Waals surface area (Å²) >= 11 is 0. The van der Waals surface area contributed by atoms with Crippen molar-refractivity contribution in [3.63, 3.8) is 0 Å². The highest BCUT2D eigenvalue weighted by molar-refractivity contribution is 6.10. The Hall–Kier alpha value is -2.78. The number of carbonyl (C=O) groups is 3. The van der Waals surface area contributed by atoms with Gasteiger partial charge in [-0.2, -0.15) is 13.2 Å². The zero-order valence-electron chi connectivity index (χ0n) is 16.9. The number of benzene rings is 1. The Kier molecular flexibility index (Phi) is 5.96. The number of imide groups is 1. The molecule has 164 valence electrons. The first kappa shape index (κ1) is 21.9. The van der Waals surface area contributed by atoms with Crippen LogP contribution in [-0.2, 0) is 15.8 Å². The van der Waals surface area contributed by atoms with Gasteiger partial charge in [-0.25, -0.2) is 4.79 Å². The summed E-state index contributed by atoms with van der Waals surface area (Å²) in [7, 11) is 0. The monoisotopic (exact) mass is 426 g/mol. The summed E-state index contributed by atoms with van der Waals surface area (Å²) in [6.07, 6.45) is -1.90. The largest absolute Gasteiger partial charge is 0.416 e. The molecule has 2 fully saturated rings. The van der Waals surface area contributed by atoms with Crippen molar-refractivity contribution >= 4 is 29.2 Å². The summed E-state index contributed by atoms with van der Waals surface area (Å²) in [4.78, 5) is 40.2. The standard InChI is InChI=1S/C20H25F3N4O3/c1-3-26(4-2)15-8-7-13(20(21,22)23)11-14(15)24-16(28)12-27-17(29)19(25-18(27)30)9-5-6-10-19/h7-8,11H,3-6,9-10,12H2,1-2H3,(H,24,28)(H,25,30). The van der Waals surface area contributed by atoms with Gasteiger partial charge < -0.3 is 15.5 Å². The van der Waals surface area contributed by atoms with E-state index in [1.807, 2.05) is 13.8 Å². The van der Waals surface area contributed by atoms with E-state index in [2.05, 4.69) is 10.6 Å². The van der Waals surface area contributed by atoms with Crippen LogP contribution in [0, 0.1) is 0 Å². The molecule has 7 nitrogen and oxygen atoms in total. The van der Waals surface area contributed by atoms with Crippen LogP contribution in [0.25, 0.3) is 0 Å². The second kappa shape index (κ2) is 8.16. The highest BCUT2D eigenvalue weighted by Gasteiger charge is 2.52. The van der Waals surface area contributed by atoms with Crippen molar-refractivity contribution in [2.24, 2.45) is 0 Å². The number of hydrogen-bond donors (Lipinski definition) is 2. The van der Waals surface area contributed by atoms with Crippen LogP contribution in [-0.4, -0.2) is 47.9 Å². The predicted octanol–water partition coefficient (Wildman–Crippen LogP) is 3.35. The summed E-state index contributed by atoms with van der Waals surface area (Å²) < 4.78 is 39.5. The smallest absolute Gasteiger partial charge is 0.370 e. The molecule has 1 spiro atoms. The fourth-order valence-corrected chi connectivity index (χ4v) is 4.12. The van der Waals surface area contributed by atoms with Crippen LogP contribution in [0.2, 0.25) is 0 Å². The second-order valence-electron chi connectivity index (χ2n) is 7.56. The first-order valence-electron chi connectivity index (χ1n) is 10.0. The zero-order valence-corrected chi connectivity index (χ0v) is 16.9. The molecule has 2 aliphatic rings. The average molecular weight is 426 g/mol. The summed E-state index contributed by atoms with van der Waals surface area (Å²) in [5.74, 6) is -1.19. The van der Waals surface area contributed by atoms with Gasteiger partial charge >= 0.3 is 12.2 Å². The van der Waals surface area contributed by atoms with Crippen molar-refractivity contribution in [3.05, 3.63) is 23.8 Å². The molecule has 1 aromatic rings. The highest BCUT2D eigenvalue weighted by Crippen LogP contribution is 2.36. The maximum Gasteiger partial charge on any atom is 0.416 e. The number of nitrogens with one attached hydrogen (secondary N) is 2. The topological polar surface area (TPSA) is 81.8 Å². The molecule has 4 amide bonds. The molecule has 0 radical (unpaired) electrons. The van der Waals surface area contributed by atoms with Crippen LogP contribution in [0.15, 0.2) is 18.2 Å². The molecule has 30 heavy (non-hydrogen) atoms. The van der Waals surface area contributed by atoms with Crippen LogP contribution in [0.1, 0.15) is 45.1 Å². The van der Waals surface area contributed by atoms with Crippen LogP contribution >= 0.6 is 0 Å². The van der Waals surface area contributed by atoms with Gasteiger partial charge in [0.1, 0.15) is 12.1 Å². The van der Waals surface area contributed by atoms with Crippen molar-refractivity contribution in [2.45, 2.75) is 51.2 Å². The Bertz CT molecular complexity index is 846. The maximum absolute atomic E-state index is 13.2. The van der Waals surface area contributed by atoms with Crippen LogP contribution in [0.5, 0.6) is 0 Å². The van der Waals surface area contributed by atoms with E-state index in [-0.39, 0.29) is 5.69 Å². The molecule has 1 aliphatic carbocycles. The molecule has 1 saturated carbocycles. The Morgan fingerprint density at radius 1 is 1.20 bits per heavy atom. The van der Waals surface area contributed by atoms with Crippen LogP contribution in [0.4, 0.5) is 29.3 Å². The number of anilines is 2. The SMILES string of the molecule is CCN(CC)c1ccc(C(F)(F)F)cc1NC(=O)CN1C(=O)NC2(CCCC2)C1=O. The van der Waals surface area contributed by atoms with Crippen molar-refractivity contribution in [1.29, 1.82) is 0 Å². The van der Waals surface area contributed by atoms with Crippen molar-refractivity contribution in [3.8, 4) is 0 Å². The fraction of sp³-hybridized carbons (Fsp3) is 0.550. The van der Waals surface area contributed by atoms with Crippen molar-refractivity contribution in [2.75, 3.05) is 29.9 Å². The molecule has 1 aliphatic heterocycles. The van der Waals surface area contributed by atoms with Crippen LogP contribution < -0.4 is 15.5 Å². The molecule has 3 rings (SSSR count). The number of nitrogens with zero attached hydrogens (tertiary/aromatic N) is 2. The molecule has 1 heterocycles. The summed E-state index contributed by atoms with van der Waals surface area (Å²) in [5.41, 5.74) is -1.42. The second-order valence-corrected chi connectivity index (χ2v) is 7.56. The van der Waals surface area contributed by atoms with Gasteiger partial charge in [-0.15, -0.1) is 0 Å². The first-order chi connectivity index (χ1) is 14.1. The summed E-state index contributed by atoms with van der Waals surface area (Å²) in [6, 6.07) is 2.50. The zero-order chi connectivity index (χ0) is 22.1. The molecule has 0 atom stereocenters. The van der Waals surface area contributed by atoms with E-state index in [0.717, 1.165) is 29.9 Å². The highest BCUT2D eigenvalue weighted by atomic mass is 19.4. The number of rotatable bonds is 6. The molecule has 0 bridgehead atoms. The number of alkyl halides is 3. The predicted molar refractivity (Wildman–Crippen MR) is 105 cm³/mol. The normalized spacial score (nSPS) is 18.1. The Labute approximate surface area is 172 Å². The van der Waals surface area contributed by atoms with Gasteiger partial charge in [0.15, 0.2) is 0 Å². The molecule has 1 aromatic carbocycles. The number of amides is 4. The number of hydrogen-bond acceptors (Lipinski definition) is 4. The van der Waals surface area contributed by atoms with E-state index < -0.39 is 41.7 Å². The molecular weight excluding hydrogens is 401 g/mol. The van der Waals surface area contributed by atoms with E-state index in [9.17, 15) is 27.6 Å². The molecule has 2 N–H and O–H groups in total. The Morgan fingerprint density at radius 2 is 1.83 bits per heavy atom. The minimum absolute atomic E-state index is 0.0128. The third-order valence-corrected chi connectivity index (χ3v) is 5.71. The molecule has 0 unspecified atom stereocenters. The van der Waals surface area contributed by atoms with E-state index in [1.165, 1.54) is 6.07 Å². The third kappa shape index (κ3) is 4.08. The molecule has 1 saturated heterocycles. The Morgan fingerprint density at radius 3 is 2.40 bits per heavy atom. The first-order valence-corrected chi connectivity index (χ1v) is 10.0. The lowest BCUT2D eigenvalue weighted by atomic mass is 9.98. The molecular formula is C20H25F3N4O3. The van der Waals surface area contributed by atoms with E-state index in [4.69, 9.17) is 0 Å². The van der Waals surface area contributed by atoms with Gasteiger partial charge in [0, 0.05) is 13.1 Å². The van der Waals surface area contributed by atoms with Gasteiger partial charge in [-0.05, 0) is 44.9 Å². The minimum atomic E-state index is -4.57. The van der Waals surface area contributed by atoms with Gasteiger partial charge in [0.25, 0.3) is 5.91 Å². The lowest BCUT2D eigenvalue weighted by molar-refractivity contribution is -0.137. The number of halogens is 3. The van der Waals surface area contributed by atoms with Crippen molar-refractivity contribution in [1.82, 2.24) is 10.2 Å². The Balaban J connectivity index is 1.81. The van der Waals surface area contributed by atoms with Gasteiger partial charge in [0.05, 0.1) is 16.9 Å². The number of carbonyl (C=O) groups excluding carboxylic acids is 3. The summed E-state index contributed by atoms with van der Waals surface area (Å²) in [5, 5.41) is 5.14. The molecule has 0 aromatic heterocycles. The summed E-state index contributed by atoms with van der Waals surface area (Å²) in [6.45, 7) is 4.20.